The molecule has 3 aromatic rings. The quantitative estimate of drug-likeness (QED) is 0.390. The van der Waals surface area contributed by atoms with E-state index in [0.29, 0.717) is 16.6 Å². The van der Waals surface area contributed by atoms with Crippen molar-refractivity contribution in [3.63, 3.8) is 0 Å². The molecule has 6 nitrogen and oxygen atoms in total. The van der Waals surface area contributed by atoms with E-state index in [1.807, 2.05) is 41.0 Å². The van der Waals surface area contributed by atoms with Crippen molar-refractivity contribution in [3.8, 4) is 5.69 Å². The van der Waals surface area contributed by atoms with Gasteiger partial charge in [-0.25, -0.2) is 4.98 Å². The summed E-state index contributed by atoms with van der Waals surface area (Å²) in [4.78, 5) is 18.7. The first kappa shape index (κ1) is 17.5. The molecule has 3 rings (SSSR count). The number of aromatic nitrogens is 5. The maximum Gasteiger partial charge on any atom is 0.251 e. The molecule has 8 heteroatoms. The third kappa shape index (κ3) is 4.40. The van der Waals surface area contributed by atoms with Gasteiger partial charge in [-0.05, 0) is 19.1 Å². The lowest BCUT2D eigenvalue weighted by Crippen LogP contribution is -2.08. The number of hydrogen-bond acceptors (Lipinski definition) is 6. The van der Waals surface area contributed by atoms with E-state index in [1.54, 1.807) is 18.7 Å². The van der Waals surface area contributed by atoms with Crippen molar-refractivity contribution in [1.82, 2.24) is 24.7 Å². The van der Waals surface area contributed by atoms with Crippen molar-refractivity contribution in [3.05, 3.63) is 70.9 Å². The molecule has 0 amide bonds. The van der Waals surface area contributed by atoms with Gasteiger partial charge < -0.3 is 4.98 Å². The Morgan fingerprint density at radius 2 is 2.04 bits per heavy atom. The van der Waals surface area contributed by atoms with Crippen LogP contribution < -0.4 is 5.56 Å². The van der Waals surface area contributed by atoms with Gasteiger partial charge in [-0.1, -0.05) is 47.8 Å². The lowest BCUT2D eigenvalue weighted by atomic mass is 10.3. The summed E-state index contributed by atoms with van der Waals surface area (Å²) in [6, 6.07) is 11.4. The molecule has 1 aromatic carbocycles. The number of aromatic amines is 1. The standard InChI is InChI=1S/C17H17N5OS2/c1-3-9-24-17-21-20-14(22(17)13-7-5-4-6-8-13)11-25-16-18-12(2)10-15(23)19-16/h3-8,10H,1,9,11H2,2H3,(H,18,19,23). The minimum Gasteiger partial charge on any atom is -0.301 e. The summed E-state index contributed by atoms with van der Waals surface area (Å²) in [7, 11) is 0. The predicted molar refractivity (Wildman–Crippen MR) is 101 cm³/mol. The number of thioether (sulfide) groups is 2. The maximum atomic E-state index is 11.6. The van der Waals surface area contributed by atoms with E-state index >= 15 is 0 Å². The third-order valence-electron chi connectivity index (χ3n) is 3.23. The van der Waals surface area contributed by atoms with Gasteiger partial charge in [0.1, 0.15) is 5.82 Å². The van der Waals surface area contributed by atoms with Gasteiger partial charge in [0.15, 0.2) is 10.3 Å². The first-order valence-electron chi connectivity index (χ1n) is 7.61. The van der Waals surface area contributed by atoms with Gasteiger partial charge in [0.05, 0.1) is 5.75 Å². The molecular formula is C17H17N5OS2. The van der Waals surface area contributed by atoms with Gasteiger partial charge in [-0.15, -0.1) is 16.8 Å². The van der Waals surface area contributed by atoms with Crippen LogP contribution in [0.4, 0.5) is 0 Å². The SMILES string of the molecule is C=CCSc1nnc(CSc2nc(C)cc(=O)[nH]2)n1-c1ccccc1. The van der Waals surface area contributed by atoms with Gasteiger partial charge in [0, 0.05) is 23.2 Å². The highest BCUT2D eigenvalue weighted by atomic mass is 32.2. The summed E-state index contributed by atoms with van der Waals surface area (Å²) in [6.45, 7) is 5.55. The number of nitrogens with zero attached hydrogens (tertiary/aromatic N) is 4. The number of nitrogens with one attached hydrogen (secondary N) is 1. The fraction of sp³-hybridized carbons (Fsp3) is 0.176. The molecule has 2 aromatic heterocycles. The van der Waals surface area contributed by atoms with Crippen LogP contribution in [0.25, 0.3) is 5.69 Å². The van der Waals surface area contributed by atoms with Crippen LogP contribution in [0, 0.1) is 6.92 Å². The van der Waals surface area contributed by atoms with E-state index in [2.05, 4.69) is 26.7 Å². The molecule has 0 radical (unpaired) electrons. The Labute approximate surface area is 153 Å². The van der Waals surface area contributed by atoms with Gasteiger partial charge in [0.25, 0.3) is 5.56 Å². The Balaban J connectivity index is 1.89. The summed E-state index contributed by atoms with van der Waals surface area (Å²) in [5.74, 6) is 2.10. The Kier molecular flexibility index (Phi) is 5.72. The minimum atomic E-state index is -0.151. The van der Waals surface area contributed by atoms with E-state index in [0.717, 1.165) is 22.4 Å². The molecule has 2 heterocycles. The van der Waals surface area contributed by atoms with Gasteiger partial charge in [-0.2, -0.15) is 0 Å². The van der Waals surface area contributed by atoms with Crippen LogP contribution >= 0.6 is 23.5 Å². The number of para-hydroxylation sites is 1. The number of hydrogen-bond donors (Lipinski definition) is 1. The van der Waals surface area contributed by atoms with Gasteiger partial charge in [0.2, 0.25) is 0 Å². The second kappa shape index (κ2) is 8.17. The highest BCUT2D eigenvalue weighted by Gasteiger charge is 2.14. The Morgan fingerprint density at radius 3 is 2.76 bits per heavy atom. The summed E-state index contributed by atoms with van der Waals surface area (Å²) >= 11 is 3.01. The van der Waals surface area contributed by atoms with Gasteiger partial charge in [-0.3, -0.25) is 9.36 Å². The molecule has 0 saturated heterocycles. The molecule has 0 spiro atoms. The topological polar surface area (TPSA) is 76.5 Å². The smallest absolute Gasteiger partial charge is 0.251 e. The van der Waals surface area contributed by atoms with Gasteiger partial charge >= 0.3 is 0 Å². The van der Waals surface area contributed by atoms with Crippen LogP contribution in [0.1, 0.15) is 11.5 Å². The van der Waals surface area contributed by atoms with Crippen molar-refractivity contribution in [2.45, 2.75) is 23.0 Å². The molecule has 0 fully saturated rings. The Hall–Kier alpha value is -2.32. The predicted octanol–water partition coefficient (Wildman–Crippen LogP) is 3.23. The van der Waals surface area contributed by atoms with Crippen molar-refractivity contribution >= 4 is 23.5 Å². The largest absolute Gasteiger partial charge is 0.301 e. The van der Waals surface area contributed by atoms with Crippen LogP contribution in [0.15, 0.2) is 64.2 Å². The molecule has 0 atom stereocenters. The highest BCUT2D eigenvalue weighted by molar-refractivity contribution is 7.99. The highest BCUT2D eigenvalue weighted by Crippen LogP contribution is 2.25. The summed E-state index contributed by atoms with van der Waals surface area (Å²) < 4.78 is 2.02. The molecule has 0 bridgehead atoms. The molecular weight excluding hydrogens is 354 g/mol. The van der Waals surface area contributed by atoms with Crippen molar-refractivity contribution in [2.75, 3.05) is 5.75 Å². The van der Waals surface area contributed by atoms with E-state index in [9.17, 15) is 4.79 Å². The van der Waals surface area contributed by atoms with Crippen LogP contribution in [-0.2, 0) is 5.75 Å². The molecule has 0 aliphatic heterocycles. The fourth-order valence-electron chi connectivity index (χ4n) is 2.21. The zero-order valence-corrected chi connectivity index (χ0v) is 15.3. The van der Waals surface area contributed by atoms with Crippen LogP contribution in [0.5, 0.6) is 0 Å². The summed E-state index contributed by atoms with van der Waals surface area (Å²) in [5.41, 5.74) is 1.54. The maximum absolute atomic E-state index is 11.6. The number of benzene rings is 1. The Morgan fingerprint density at radius 1 is 1.24 bits per heavy atom. The second-order valence-corrected chi connectivity index (χ2v) is 7.10. The average molecular weight is 371 g/mol. The van der Waals surface area contributed by atoms with Crippen LogP contribution in [-0.4, -0.2) is 30.5 Å². The minimum absolute atomic E-state index is 0.151. The molecule has 25 heavy (non-hydrogen) atoms. The molecule has 0 saturated carbocycles. The summed E-state index contributed by atoms with van der Waals surface area (Å²) in [5, 5.41) is 10.0. The van der Waals surface area contributed by atoms with Crippen LogP contribution in [0.2, 0.25) is 0 Å². The zero-order chi connectivity index (χ0) is 17.6. The molecule has 128 valence electrons. The molecule has 0 aliphatic rings. The fourth-order valence-corrected chi connectivity index (χ4v) is 3.75. The van der Waals surface area contributed by atoms with E-state index < -0.39 is 0 Å². The van der Waals surface area contributed by atoms with Crippen molar-refractivity contribution in [2.24, 2.45) is 0 Å². The van der Waals surface area contributed by atoms with Crippen molar-refractivity contribution in [1.29, 1.82) is 0 Å². The number of rotatable bonds is 7. The van der Waals surface area contributed by atoms with E-state index in [1.165, 1.54) is 17.8 Å². The normalized spacial score (nSPS) is 10.8. The molecule has 1 N–H and O–H groups in total. The number of aryl methyl sites for hydroxylation is 1. The van der Waals surface area contributed by atoms with E-state index in [-0.39, 0.29) is 5.56 Å². The Bertz CT molecular complexity index is 920. The van der Waals surface area contributed by atoms with E-state index in [4.69, 9.17) is 0 Å². The lowest BCUT2D eigenvalue weighted by Gasteiger charge is -2.09. The average Bonchev–Trinajstić information content (AvgIpc) is 3.01. The third-order valence-corrected chi connectivity index (χ3v) is 5.03. The zero-order valence-electron chi connectivity index (χ0n) is 13.7. The van der Waals surface area contributed by atoms with Crippen molar-refractivity contribution < 1.29 is 0 Å². The number of H-pyrrole nitrogens is 1. The molecule has 0 aliphatic carbocycles. The lowest BCUT2D eigenvalue weighted by molar-refractivity contribution is 0.862. The summed E-state index contributed by atoms with van der Waals surface area (Å²) in [6.07, 6.45) is 1.84. The first-order valence-corrected chi connectivity index (χ1v) is 9.58. The second-order valence-electron chi connectivity index (χ2n) is 5.15. The molecule has 0 unspecified atom stereocenters. The van der Waals surface area contributed by atoms with Crippen LogP contribution in [0.3, 0.4) is 0 Å². The monoisotopic (exact) mass is 371 g/mol. The first-order chi connectivity index (χ1) is 12.2.